The van der Waals surface area contributed by atoms with E-state index in [9.17, 15) is 19.8 Å². The van der Waals surface area contributed by atoms with E-state index in [0.717, 1.165) is 0 Å². The summed E-state index contributed by atoms with van der Waals surface area (Å²) in [6, 6.07) is 9.41. The molecule has 0 aliphatic rings. The number of aromatic hydroxyl groups is 2. The normalized spacial score (nSPS) is 11.1. The molecule has 0 fully saturated rings. The number of benzene rings is 2. The molecule has 1 aromatic heterocycles. The first-order chi connectivity index (χ1) is 13.5. The third-order valence-electron chi connectivity index (χ3n) is 4.06. The Balaban J connectivity index is 1.90. The van der Waals surface area contributed by atoms with Crippen LogP contribution in [0.3, 0.4) is 0 Å². The van der Waals surface area contributed by atoms with Crippen LogP contribution < -0.4 is 15.7 Å². The fraction of sp³-hybridized carbons (Fsp3) is 0.158. The van der Waals surface area contributed by atoms with Gasteiger partial charge in [-0.1, -0.05) is 18.2 Å². The second kappa shape index (κ2) is 7.78. The summed E-state index contributed by atoms with van der Waals surface area (Å²) >= 11 is 0. The molecule has 3 rings (SSSR count). The highest BCUT2D eigenvalue weighted by molar-refractivity contribution is 6.05. The van der Waals surface area contributed by atoms with Crippen LogP contribution in [0.1, 0.15) is 23.0 Å². The second-order valence-corrected chi connectivity index (χ2v) is 5.81. The molecular weight excluding hydrogens is 364 g/mol. The van der Waals surface area contributed by atoms with E-state index in [4.69, 9.17) is 4.74 Å². The minimum Gasteiger partial charge on any atom is -0.504 e. The van der Waals surface area contributed by atoms with Gasteiger partial charge in [0.1, 0.15) is 0 Å². The molecule has 9 heteroatoms. The number of carbonyl (C=O) groups is 1. The molecule has 0 saturated carbocycles. The first-order valence-corrected chi connectivity index (χ1v) is 8.39. The number of hydrogen-bond acceptors (Lipinski definition) is 7. The van der Waals surface area contributed by atoms with E-state index < -0.39 is 5.91 Å². The molecule has 0 spiro atoms. The predicted octanol–water partition coefficient (Wildman–Crippen LogP) is 1.60. The average Bonchev–Trinajstić information content (AvgIpc) is 2.70. The van der Waals surface area contributed by atoms with Gasteiger partial charge in [0.05, 0.1) is 18.7 Å². The number of ether oxygens (including phenoxy) is 1. The van der Waals surface area contributed by atoms with Crippen molar-refractivity contribution in [3.05, 3.63) is 58.0 Å². The van der Waals surface area contributed by atoms with Crippen molar-refractivity contribution in [2.45, 2.75) is 13.5 Å². The number of nitrogens with one attached hydrogen (secondary N) is 1. The summed E-state index contributed by atoms with van der Waals surface area (Å²) in [5.41, 5.74) is 2.54. The van der Waals surface area contributed by atoms with E-state index in [1.165, 1.54) is 30.1 Å². The number of phenols is 2. The summed E-state index contributed by atoms with van der Waals surface area (Å²) in [7, 11) is 1.34. The lowest BCUT2D eigenvalue weighted by molar-refractivity contribution is 0.0949. The van der Waals surface area contributed by atoms with Crippen molar-refractivity contribution >= 4 is 22.9 Å². The molecule has 0 atom stereocenters. The predicted molar refractivity (Wildman–Crippen MR) is 103 cm³/mol. The van der Waals surface area contributed by atoms with Gasteiger partial charge in [-0.3, -0.25) is 9.59 Å². The van der Waals surface area contributed by atoms with Crippen LogP contribution in [0, 0.1) is 0 Å². The van der Waals surface area contributed by atoms with Crippen molar-refractivity contribution in [1.29, 1.82) is 0 Å². The van der Waals surface area contributed by atoms with Crippen LogP contribution in [0.5, 0.6) is 17.2 Å². The third-order valence-corrected chi connectivity index (χ3v) is 4.06. The van der Waals surface area contributed by atoms with Crippen molar-refractivity contribution in [3.8, 4) is 17.2 Å². The lowest BCUT2D eigenvalue weighted by Crippen LogP contribution is -2.28. The number of rotatable bonds is 5. The van der Waals surface area contributed by atoms with E-state index in [0.29, 0.717) is 22.9 Å². The highest BCUT2D eigenvalue weighted by Crippen LogP contribution is 2.35. The van der Waals surface area contributed by atoms with Crippen LogP contribution in [-0.2, 0) is 6.54 Å². The number of aromatic nitrogens is 2. The Morgan fingerprint density at radius 2 is 2.00 bits per heavy atom. The van der Waals surface area contributed by atoms with Gasteiger partial charge in [0, 0.05) is 17.5 Å². The molecule has 0 radical (unpaired) electrons. The van der Waals surface area contributed by atoms with Crippen molar-refractivity contribution in [2.24, 2.45) is 5.10 Å². The van der Waals surface area contributed by atoms with Crippen LogP contribution in [0.4, 0.5) is 0 Å². The van der Waals surface area contributed by atoms with Crippen LogP contribution in [0.2, 0.25) is 0 Å². The lowest BCUT2D eigenvalue weighted by atomic mass is 10.1. The van der Waals surface area contributed by atoms with Gasteiger partial charge in [0.15, 0.2) is 17.2 Å². The maximum Gasteiger partial charge on any atom is 0.292 e. The Hall–Kier alpha value is -3.88. The summed E-state index contributed by atoms with van der Waals surface area (Å²) in [6.45, 7) is 2.08. The summed E-state index contributed by atoms with van der Waals surface area (Å²) in [6.07, 6.45) is 1.28. The third kappa shape index (κ3) is 3.50. The molecule has 3 N–H and O–H groups in total. The fourth-order valence-corrected chi connectivity index (χ4v) is 2.68. The molecule has 1 heterocycles. The van der Waals surface area contributed by atoms with Crippen molar-refractivity contribution in [1.82, 2.24) is 15.2 Å². The minimum absolute atomic E-state index is 0.0652. The minimum atomic E-state index is -0.593. The molecule has 2 aromatic carbocycles. The Morgan fingerprint density at radius 1 is 1.29 bits per heavy atom. The zero-order chi connectivity index (χ0) is 20.3. The summed E-state index contributed by atoms with van der Waals surface area (Å²) in [5, 5.41) is 28.1. The van der Waals surface area contributed by atoms with E-state index in [2.05, 4.69) is 15.6 Å². The van der Waals surface area contributed by atoms with Crippen LogP contribution in [0.25, 0.3) is 10.8 Å². The van der Waals surface area contributed by atoms with Gasteiger partial charge in [-0.2, -0.15) is 10.2 Å². The first-order valence-electron chi connectivity index (χ1n) is 8.39. The van der Waals surface area contributed by atoms with Gasteiger partial charge in [-0.15, -0.1) is 0 Å². The standard InChI is InChI=1S/C19H18N4O5/c1-3-23-19(27)13-7-5-4-6-12(13)16(22-23)18(26)21-20-10-11-8-14(24)17(25)15(9-11)28-2/h4-10,24-25H,3H2,1-2H3,(H,21,26)/b20-10+. The molecule has 0 aliphatic carbocycles. The van der Waals surface area contributed by atoms with Crippen molar-refractivity contribution < 1.29 is 19.7 Å². The van der Waals surface area contributed by atoms with Crippen LogP contribution in [0.15, 0.2) is 46.3 Å². The molecule has 0 bridgehead atoms. The van der Waals surface area contributed by atoms with Crippen LogP contribution in [-0.4, -0.2) is 39.2 Å². The molecule has 28 heavy (non-hydrogen) atoms. The molecule has 9 nitrogen and oxygen atoms in total. The summed E-state index contributed by atoms with van der Waals surface area (Å²) in [5.74, 6) is -1.30. The number of nitrogens with zero attached hydrogens (tertiary/aromatic N) is 3. The number of hydrazone groups is 1. The molecule has 0 saturated heterocycles. The first kappa shape index (κ1) is 18.9. The van der Waals surface area contributed by atoms with E-state index >= 15 is 0 Å². The quantitative estimate of drug-likeness (QED) is 0.350. The van der Waals surface area contributed by atoms with E-state index in [1.54, 1.807) is 31.2 Å². The highest BCUT2D eigenvalue weighted by Gasteiger charge is 2.16. The monoisotopic (exact) mass is 382 g/mol. The van der Waals surface area contributed by atoms with E-state index in [1.807, 2.05) is 0 Å². The van der Waals surface area contributed by atoms with Crippen LogP contribution >= 0.6 is 0 Å². The van der Waals surface area contributed by atoms with Gasteiger partial charge in [-0.25, -0.2) is 10.1 Å². The van der Waals surface area contributed by atoms with Crippen molar-refractivity contribution in [3.63, 3.8) is 0 Å². The number of carbonyl (C=O) groups excluding carboxylic acids is 1. The number of fused-ring (bicyclic) bond motifs is 1. The molecular formula is C19H18N4O5. The van der Waals surface area contributed by atoms with Gasteiger partial charge in [0.2, 0.25) is 5.75 Å². The summed E-state index contributed by atoms with van der Waals surface area (Å²) in [4.78, 5) is 24.9. The summed E-state index contributed by atoms with van der Waals surface area (Å²) < 4.78 is 6.16. The highest BCUT2D eigenvalue weighted by atomic mass is 16.5. The number of amides is 1. The smallest absolute Gasteiger partial charge is 0.292 e. The SMILES string of the molecule is CCn1nc(C(=O)N/N=C/c2cc(O)c(O)c(OC)c2)c2ccccc2c1=O. The van der Waals surface area contributed by atoms with Gasteiger partial charge in [-0.05, 0) is 25.1 Å². The Labute approximate surface area is 159 Å². The maximum atomic E-state index is 12.6. The number of phenolic OH excluding ortho intramolecular Hbond substituents is 2. The number of methoxy groups -OCH3 is 1. The number of hydrogen-bond donors (Lipinski definition) is 3. The largest absolute Gasteiger partial charge is 0.504 e. The fourth-order valence-electron chi connectivity index (χ4n) is 2.68. The van der Waals surface area contributed by atoms with Gasteiger partial charge in [0.25, 0.3) is 11.5 Å². The average molecular weight is 382 g/mol. The zero-order valence-electron chi connectivity index (χ0n) is 15.2. The Bertz CT molecular complexity index is 1140. The Morgan fingerprint density at radius 3 is 2.68 bits per heavy atom. The molecule has 144 valence electrons. The van der Waals surface area contributed by atoms with Crippen molar-refractivity contribution in [2.75, 3.05) is 7.11 Å². The van der Waals surface area contributed by atoms with Gasteiger partial charge < -0.3 is 14.9 Å². The molecule has 1 amide bonds. The number of aryl methyl sites for hydroxylation is 1. The topological polar surface area (TPSA) is 126 Å². The molecule has 0 aliphatic heterocycles. The van der Waals surface area contributed by atoms with Gasteiger partial charge >= 0.3 is 0 Å². The molecule has 0 unspecified atom stereocenters. The maximum absolute atomic E-state index is 12.6. The Kier molecular flexibility index (Phi) is 5.25. The van der Waals surface area contributed by atoms with E-state index in [-0.39, 0.29) is 28.5 Å². The molecule has 3 aromatic rings. The second-order valence-electron chi connectivity index (χ2n) is 5.81. The zero-order valence-corrected chi connectivity index (χ0v) is 15.2. The lowest BCUT2D eigenvalue weighted by Gasteiger charge is -2.08.